The molecule has 0 saturated heterocycles. The van der Waals surface area contributed by atoms with Crippen molar-refractivity contribution >= 4 is 27.7 Å². The Morgan fingerprint density at radius 1 is 1.00 bits per heavy atom. The van der Waals surface area contributed by atoms with Gasteiger partial charge in [0.15, 0.2) is 5.82 Å². The van der Waals surface area contributed by atoms with Gasteiger partial charge in [0, 0.05) is 21.8 Å². The fourth-order valence-corrected chi connectivity index (χ4v) is 3.84. The molecule has 180 valence electrons. The summed E-state index contributed by atoms with van der Waals surface area (Å²) in [6.07, 6.45) is -4.41. The lowest BCUT2D eigenvalue weighted by Crippen LogP contribution is -2.13. The molecule has 0 bridgehead atoms. The van der Waals surface area contributed by atoms with Crippen LogP contribution in [0, 0.1) is 6.92 Å². The van der Waals surface area contributed by atoms with E-state index in [1.54, 1.807) is 41.9 Å². The van der Waals surface area contributed by atoms with Crippen molar-refractivity contribution in [3.63, 3.8) is 0 Å². The summed E-state index contributed by atoms with van der Waals surface area (Å²) in [6.45, 7) is 2.21. The molecule has 4 aromatic rings. The Hall–Kier alpha value is -3.59. The number of rotatable bonds is 7. The van der Waals surface area contributed by atoms with Gasteiger partial charge in [0.05, 0.1) is 12.1 Å². The quantitative estimate of drug-likeness (QED) is 0.277. The highest BCUT2D eigenvalue weighted by molar-refractivity contribution is 9.10. The van der Waals surface area contributed by atoms with Crippen LogP contribution in [0.5, 0.6) is 5.75 Å². The molecule has 0 aliphatic carbocycles. The van der Waals surface area contributed by atoms with Gasteiger partial charge >= 0.3 is 6.18 Å². The van der Waals surface area contributed by atoms with E-state index in [1.165, 1.54) is 6.07 Å². The van der Waals surface area contributed by atoms with E-state index >= 15 is 0 Å². The molecule has 0 aliphatic rings. The highest BCUT2D eigenvalue weighted by Gasteiger charge is 2.30. The molecule has 1 amide bonds. The fourth-order valence-electron chi connectivity index (χ4n) is 3.46. The number of anilines is 1. The lowest BCUT2D eigenvalue weighted by atomic mass is 10.1. The Morgan fingerprint density at radius 3 is 2.51 bits per heavy atom. The molecule has 9 heteroatoms. The molecule has 0 aliphatic heterocycles. The van der Waals surface area contributed by atoms with Gasteiger partial charge in [-0.05, 0) is 60.5 Å². The zero-order valence-corrected chi connectivity index (χ0v) is 20.2. The summed E-state index contributed by atoms with van der Waals surface area (Å²) in [5.74, 6) is 0.671. The molecule has 0 unspecified atom stereocenters. The number of halogens is 4. The number of carbonyl (C=O) groups is 1. The highest BCUT2D eigenvalue weighted by atomic mass is 79.9. The number of carbonyl (C=O) groups excluding carboxylic acids is 1. The molecule has 35 heavy (non-hydrogen) atoms. The molecule has 4 rings (SSSR count). The first kappa shape index (κ1) is 24.5. The largest absolute Gasteiger partial charge is 0.489 e. The van der Waals surface area contributed by atoms with E-state index in [9.17, 15) is 18.0 Å². The predicted octanol–water partition coefficient (Wildman–Crippen LogP) is 6.85. The molecular weight excluding hydrogens is 523 g/mol. The van der Waals surface area contributed by atoms with Crippen molar-refractivity contribution in [1.82, 2.24) is 9.78 Å². The van der Waals surface area contributed by atoms with Crippen molar-refractivity contribution in [3.05, 3.63) is 111 Å². The van der Waals surface area contributed by atoms with Gasteiger partial charge in [0.2, 0.25) is 0 Å². The highest BCUT2D eigenvalue weighted by Crippen LogP contribution is 2.29. The van der Waals surface area contributed by atoms with Gasteiger partial charge in [0.1, 0.15) is 12.4 Å². The van der Waals surface area contributed by atoms with Crippen molar-refractivity contribution < 1.29 is 22.7 Å². The molecule has 3 aromatic carbocycles. The van der Waals surface area contributed by atoms with E-state index in [-0.39, 0.29) is 12.5 Å². The first-order valence-electron chi connectivity index (χ1n) is 10.7. The molecule has 0 spiro atoms. The van der Waals surface area contributed by atoms with Crippen molar-refractivity contribution in [2.45, 2.75) is 26.3 Å². The second-order valence-electron chi connectivity index (χ2n) is 7.93. The number of benzene rings is 3. The van der Waals surface area contributed by atoms with Crippen LogP contribution in [0.3, 0.4) is 0 Å². The maximum absolute atomic E-state index is 13.0. The number of nitrogens with zero attached hydrogens (tertiary/aromatic N) is 2. The van der Waals surface area contributed by atoms with Crippen LogP contribution in [-0.4, -0.2) is 15.7 Å². The third-order valence-corrected chi connectivity index (χ3v) is 5.69. The van der Waals surface area contributed by atoms with Gasteiger partial charge in [-0.3, -0.25) is 9.48 Å². The summed E-state index contributed by atoms with van der Waals surface area (Å²) in [6, 6.07) is 21.3. The van der Waals surface area contributed by atoms with Crippen molar-refractivity contribution in [3.8, 4) is 5.75 Å². The monoisotopic (exact) mass is 543 g/mol. The van der Waals surface area contributed by atoms with Gasteiger partial charge in [-0.15, -0.1) is 0 Å². The first-order chi connectivity index (χ1) is 16.7. The summed E-state index contributed by atoms with van der Waals surface area (Å²) in [4.78, 5) is 12.8. The molecule has 0 radical (unpaired) electrons. The average Bonchev–Trinajstić information content (AvgIpc) is 3.16. The maximum Gasteiger partial charge on any atom is 0.416 e. The second kappa shape index (κ2) is 10.4. The van der Waals surface area contributed by atoms with Gasteiger partial charge in [-0.25, -0.2) is 0 Å². The number of amides is 1. The molecule has 1 N–H and O–H groups in total. The van der Waals surface area contributed by atoms with Crippen LogP contribution < -0.4 is 10.1 Å². The number of hydrogen-bond acceptors (Lipinski definition) is 3. The molecule has 5 nitrogen and oxygen atoms in total. The van der Waals surface area contributed by atoms with Crippen molar-refractivity contribution in [1.29, 1.82) is 0 Å². The lowest BCUT2D eigenvalue weighted by Gasteiger charge is -2.10. The van der Waals surface area contributed by atoms with Gasteiger partial charge in [0.25, 0.3) is 5.91 Å². The number of aryl methyl sites for hydroxylation is 1. The normalized spacial score (nSPS) is 11.3. The van der Waals surface area contributed by atoms with E-state index < -0.39 is 11.7 Å². The van der Waals surface area contributed by atoms with Gasteiger partial charge in [-0.1, -0.05) is 46.3 Å². The molecule has 0 saturated carbocycles. The minimum Gasteiger partial charge on any atom is -0.489 e. The van der Waals surface area contributed by atoms with E-state index in [4.69, 9.17) is 4.74 Å². The molecule has 0 atom stereocenters. The van der Waals surface area contributed by atoms with E-state index in [0.717, 1.165) is 22.2 Å². The minimum atomic E-state index is -4.41. The van der Waals surface area contributed by atoms with E-state index in [0.29, 0.717) is 35.0 Å². The van der Waals surface area contributed by atoms with E-state index in [2.05, 4.69) is 26.3 Å². The van der Waals surface area contributed by atoms with Crippen molar-refractivity contribution in [2.75, 3.05) is 5.32 Å². The van der Waals surface area contributed by atoms with Gasteiger partial charge < -0.3 is 10.1 Å². The zero-order chi connectivity index (χ0) is 25.0. The third-order valence-electron chi connectivity index (χ3n) is 5.20. The predicted molar refractivity (Wildman–Crippen MR) is 130 cm³/mol. The number of ether oxygens (including phenoxy) is 1. The van der Waals surface area contributed by atoms with Crippen molar-refractivity contribution in [2.24, 2.45) is 0 Å². The summed E-state index contributed by atoms with van der Waals surface area (Å²) < 4.78 is 47.2. The number of nitrogens with one attached hydrogen (secondary N) is 1. The summed E-state index contributed by atoms with van der Waals surface area (Å²) in [7, 11) is 0. The average molecular weight is 544 g/mol. The van der Waals surface area contributed by atoms with Crippen LogP contribution in [0.15, 0.2) is 83.3 Å². The SMILES string of the molecule is Cc1cc(NC(=O)c2cccc(COc3cccc(Br)c3)c2)nn1Cc1cccc(C(F)(F)F)c1. The smallest absolute Gasteiger partial charge is 0.416 e. The molecule has 1 heterocycles. The fraction of sp³-hybridized carbons (Fsp3) is 0.154. The third kappa shape index (κ3) is 6.51. The standard InChI is InChI=1S/C26H21BrF3N3O2/c1-17-11-24(32-33(17)15-18-5-3-8-21(13-18)26(28,29)30)31-25(34)20-7-2-6-19(12-20)16-35-23-10-4-9-22(27)14-23/h2-14H,15-16H2,1H3,(H,31,32,34). The van der Waals surface area contributed by atoms with Crippen LogP contribution in [0.25, 0.3) is 0 Å². The summed E-state index contributed by atoms with van der Waals surface area (Å²) >= 11 is 3.40. The first-order valence-corrected chi connectivity index (χ1v) is 11.5. The summed E-state index contributed by atoms with van der Waals surface area (Å²) in [5, 5.41) is 7.09. The van der Waals surface area contributed by atoms with Gasteiger partial charge in [-0.2, -0.15) is 18.3 Å². The Labute approximate surface area is 208 Å². The maximum atomic E-state index is 13.0. The Morgan fingerprint density at radius 2 is 1.74 bits per heavy atom. The van der Waals surface area contributed by atoms with Crippen LogP contribution in [0.2, 0.25) is 0 Å². The zero-order valence-electron chi connectivity index (χ0n) is 18.6. The van der Waals surface area contributed by atoms with Crippen LogP contribution in [0.1, 0.15) is 32.7 Å². The number of aromatic nitrogens is 2. The minimum absolute atomic E-state index is 0.147. The molecular formula is C26H21BrF3N3O2. The Bertz CT molecular complexity index is 1350. The Kier molecular flexibility index (Phi) is 7.25. The molecule has 1 aromatic heterocycles. The lowest BCUT2D eigenvalue weighted by molar-refractivity contribution is -0.137. The second-order valence-corrected chi connectivity index (χ2v) is 8.84. The van der Waals surface area contributed by atoms with Crippen LogP contribution in [0.4, 0.5) is 19.0 Å². The topological polar surface area (TPSA) is 56.1 Å². The Balaban J connectivity index is 1.42. The number of hydrogen-bond donors (Lipinski definition) is 1. The summed E-state index contributed by atoms with van der Waals surface area (Å²) in [5.41, 5.74) is 1.71. The van der Waals surface area contributed by atoms with Crippen LogP contribution in [-0.2, 0) is 19.3 Å². The number of alkyl halides is 3. The van der Waals surface area contributed by atoms with E-state index in [1.807, 2.05) is 30.3 Å². The molecule has 0 fully saturated rings. The van der Waals surface area contributed by atoms with Crippen LogP contribution >= 0.6 is 15.9 Å².